The van der Waals surface area contributed by atoms with Crippen LogP contribution in [-0.4, -0.2) is 27.6 Å². The lowest BCUT2D eigenvalue weighted by molar-refractivity contribution is 0.0783. The molecular weight excluding hydrogens is 350 g/mol. The Morgan fingerprint density at radius 2 is 1.71 bits per heavy atom. The highest BCUT2D eigenvalue weighted by Crippen LogP contribution is 2.25. The zero-order valence-electron chi connectivity index (χ0n) is 15.9. The standard InChI is InChI=1S/C23H21N3O2/c1-17-21(13-14-28-17)23(27)25(2)15-19-16-26(20-11-7-4-8-12-20)24-22(19)18-9-5-3-6-10-18/h3-14,16H,15H2,1-2H3. The molecule has 28 heavy (non-hydrogen) atoms. The maximum Gasteiger partial charge on any atom is 0.257 e. The van der Waals surface area contributed by atoms with Gasteiger partial charge in [0, 0.05) is 30.9 Å². The molecule has 5 nitrogen and oxygen atoms in total. The summed E-state index contributed by atoms with van der Waals surface area (Å²) in [7, 11) is 1.80. The average Bonchev–Trinajstić information content (AvgIpc) is 3.35. The van der Waals surface area contributed by atoms with E-state index in [0.29, 0.717) is 17.9 Å². The molecule has 0 saturated heterocycles. The summed E-state index contributed by atoms with van der Waals surface area (Å²) in [6.07, 6.45) is 3.53. The number of furan rings is 1. The molecule has 140 valence electrons. The van der Waals surface area contributed by atoms with Crippen molar-refractivity contribution in [3.05, 3.63) is 96.1 Å². The number of hydrogen-bond acceptors (Lipinski definition) is 3. The molecular formula is C23H21N3O2. The first-order valence-corrected chi connectivity index (χ1v) is 9.12. The van der Waals surface area contributed by atoms with Crippen LogP contribution in [0.2, 0.25) is 0 Å². The Labute approximate surface area is 163 Å². The lowest BCUT2D eigenvalue weighted by atomic mass is 10.1. The van der Waals surface area contributed by atoms with Gasteiger partial charge < -0.3 is 9.32 Å². The number of amides is 1. The van der Waals surface area contributed by atoms with Gasteiger partial charge in [-0.15, -0.1) is 0 Å². The number of aryl methyl sites for hydroxylation is 1. The van der Waals surface area contributed by atoms with E-state index in [-0.39, 0.29) is 5.91 Å². The van der Waals surface area contributed by atoms with Gasteiger partial charge in [-0.2, -0.15) is 5.10 Å². The highest BCUT2D eigenvalue weighted by molar-refractivity contribution is 5.95. The van der Waals surface area contributed by atoms with Crippen LogP contribution < -0.4 is 0 Å². The Morgan fingerprint density at radius 1 is 1.04 bits per heavy atom. The van der Waals surface area contributed by atoms with Crippen molar-refractivity contribution in [2.24, 2.45) is 0 Å². The first-order valence-electron chi connectivity index (χ1n) is 9.12. The fourth-order valence-electron chi connectivity index (χ4n) is 3.22. The van der Waals surface area contributed by atoms with E-state index in [1.807, 2.05) is 71.5 Å². The lowest BCUT2D eigenvalue weighted by Gasteiger charge is -2.16. The maximum absolute atomic E-state index is 12.8. The molecule has 5 heteroatoms. The Bertz CT molecular complexity index is 1080. The number of para-hydroxylation sites is 1. The number of nitrogens with zero attached hydrogens (tertiary/aromatic N) is 3. The predicted molar refractivity (Wildman–Crippen MR) is 108 cm³/mol. The van der Waals surface area contributed by atoms with Crippen molar-refractivity contribution in [3.8, 4) is 16.9 Å². The summed E-state index contributed by atoms with van der Waals surface area (Å²) >= 11 is 0. The Morgan fingerprint density at radius 3 is 2.36 bits per heavy atom. The molecule has 0 unspecified atom stereocenters. The van der Waals surface area contributed by atoms with Crippen LogP contribution in [0.3, 0.4) is 0 Å². The van der Waals surface area contributed by atoms with Crippen LogP contribution in [-0.2, 0) is 6.54 Å². The van der Waals surface area contributed by atoms with E-state index in [1.165, 1.54) is 0 Å². The quantitative estimate of drug-likeness (QED) is 0.510. The van der Waals surface area contributed by atoms with Crippen molar-refractivity contribution in [3.63, 3.8) is 0 Å². The van der Waals surface area contributed by atoms with Gasteiger partial charge in [0.2, 0.25) is 0 Å². The smallest absolute Gasteiger partial charge is 0.257 e. The van der Waals surface area contributed by atoms with Crippen molar-refractivity contribution < 1.29 is 9.21 Å². The first-order chi connectivity index (χ1) is 13.6. The normalized spacial score (nSPS) is 10.8. The summed E-state index contributed by atoms with van der Waals surface area (Å²) in [5.74, 6) is 0.554. The van der Waals surface area contributed by atoms with E-state index in [2.05, 4.69) is 0 Å². The van der Waals surface area contributed by atoms with Gasteiger partial charge in [-0.25, -0.2) is 4.68 Å². The number of aromatic nitrogens is 2. The van der Waals surface area contributed by atoms with E-state index in [4.69, 9.17) is 9.52 Å². The van der Waals surface area contributed by atoms with Gasteiger partial charge in [0.1, 0.15) is 5.76 Å². The van der Waals surface area contributed by atoms with Gasteiger partial charge >= 0.3 is 0 Å². The summed E-state index contributed by atoms with van der Waals surface area (Å²) in [5.41, 5.74) is 4.43. The molecule has 0 radical (unpaired) electrons. The summed E-state index contributed by atoms with van der Waals surface area (Å²) in [6, 6.07) is 21.7. The summed E-state index contributed by atoms with van der Waals surface area (Å²) in [5, 5.41) is 4.80. The topological polar surface area (TPSA) is 51.3 Å². The van der Waals surface area contributed by atoms with Gasteiger partial charge in [-0.1, -0.05) is 48.5 Å². The molecule has 2 heterocycles. The summed E-state index contributed by atoms with van der Waals surface area (Å²) < 4.78 is 7.14. The molecule has 2 aromatic heterocycles. The number of rotatable bonds is 5. The second-order valence-electron chi connectivity index (χ2n) is 6.70. The largest absolute Gasteiger partial charge is 0.469 e. The van der Waals surface area contributed by atoms with E-state index < -0.39 is 0 Å². The third kappa shape index (κ3) is 3.47. The second-order valence-corrected chi connectivity index (χ2v) is 6.70. The summed E-state index contributed by atoms with van der Waals surface area (Å²) in [4.78, 5) is 14.5. The fraction of sp³-hybridized carbons (Fsp3) is 0.130. The van der Waals surface area contributed by atoms with Gasteiger partial charge in [0.05, 0.1) is 23.2 Å². The van der Waals surface area contributed by atoms with Crippen LogP contribution in [0.1, 0.15) is 21.7 Å². The molecule has 4 aromatic rings. The van der Waals surface area contributed by atoms with Crippen molar-refractivity contribution in [1.29, 1.82) is 0 Å². The van der Waals surface area contributed by atoms with Crippen molar-refractivity contribution in [2.75, 3.05) is 7.05 Å². The minimum absolute atomic E-state index is 0.0716. The van der Waals surface area contributed by atoms with Crippen molar-refractivity contribution >= 4 is 5.91 Å². The highest BCUT2D eigenvalue weighted by atomic mass is 16.3. The molecule has 0 bridgehead atoms. The van der Waals surface area contributed by atoms with Crippen LogP contribution in [0.4, 0.5) is 0 Å². The number of hydrogen-bond donors (Lipinski definition) is 0. The molecule has 0 aliphatic carbocycles. The van der Waals surface area contributed by atoms with Crippen LogP contribution in [0, 0.1) is 6.92 Å². The maximum atomic E-state index is 12.8. The minimum atomic E-state index is -0.0716. The Balaban J connectivity index is 1.70. The van der Waals surface area contributed by atoms with Crippen molar-refractivity contribution in [2.45, 2.75) is 13.5 Å². The third-order valence-corrected chi connectivity index (χ3v) is 4.70. The number of benzene rings is 2. The Kier molecular flexibility index (Phi) is 4.81. The fourth-order valence-corrected chi connectivity index (χ4v) is 3.22. The highest BCUT2D eigenvalue weighted by Gasteiger charge is 2.20. The first kappa shape index (κ1) is 17.8. The zero-order valence-corrected chi connectivity index (χ0v) is 15.9. The van der Waals surface area contributed by atoms with Crippen molar-refractivity contribution in [1.82, 2.24) is 14.7 Å². The van der Waals surface area contributed by atoms with E-state index in [9.17, 15) is 4.79 Å². The lowest BCUT2D eigenvalue weighted by Crippen LogP contribution is -2.26. The van der Waals surface area contributed by atoms with E-state index in [1.54, 1.807) is 31.2 Å². The number of carbonyl (C=O) groups is 1. The van der Waals surface area contributed by atoms with E-state index >= 15 is 0 Å². The molecule has 0 fully saturated rings. The predicted octanol–water partition coefficient (Wildman–Crippen LogP) is 4.71. The molecule has 0 N–H and O–H groups in total. The van der Waals surface area contributed by atoms with Crippen LogP contribution in [0.15, 0.2) is 83.6 Å². The second kappa shape index (κ2) is 7.56. The molecule has 2 aromatic carbocycles. The molecule has 0 atom stereocenters. The zero-order chi connectivity index (χ0) is 19.5. The van der Waals surface area contributed by atoms with E-state index in [0.717, 1.165) is 22.5 Å². The molecule has 0 saturated carbocycles. The minimum Gasteiger partial charge on any atom is -0.469 e. The Hall–Kier alpha value is -3.60. The molecule has 0 aliphatic rings. The molecule has 1 amide bonds. The number of carbonyl (C=O) groups excluding carboxylic acids is 1. The van der Waals surface area contributed by atoms with Gasteiger partial charge in [0.25, 0.3) is 5.91 Å². The monoisotopic (exact) mass is 371 g/mol. The van der Waals surface area contributed by atoms with Crippen LogP contribution >= 0.6 is 0 Å². The average molecular weight is 371 g/mol. The molecule has 4 rings (SSSR count). The van der Waals surface area contributed by atoms with Gasteiger partial charge in [-0.05, 0) is 25.1 Å². The van der Waals surface area contributed by atoms with Crippen LogP contribution in [0.5, 0.6) is 0 Å². The SMILES string of the molecule is Cc1occc1C(=O)N(C)Cc1cn(-c2ccccc2)nc1-c1ccccc1. The molecule has 0 spiro atoms. The third-order valence-electron chi connectivity index (χ3n) is 4.70. The summed E-state index contributed by atoms with van der Waals surface area (Å²) in [6.45, 7) is 2.24. The van der Waals surface area contributed by atoms with Gasteiger partial charge in [0.15, 0.2) is 0 Å². The van der Waals surface area contributed by atoms with Gasteiger partial charge in [-0.3, -0.25) is 4.79 Å². The van der Waals surface area contributed by atoms with Crippen LogP contribution in [0.25, 0.3) is 16.9 Å². The molecule has 0 aliphatic heterocycles.